The van der Waals surface area contributed by atoms with Gasteiger partial charge in [0.2, 0.25) is 0 Å². The minimum atomic E-state index is 0.195. The van der Waals surface area contributed by atoms with Gasteiger partial charge >= 0.3 is 0 Å². The molecule has 0 spiro atoms. The molecule has 0 saturated heterocycles. The van der Waals surface area contributed by atoms with E-state index < -0.39 is 0 Å². The fraction of sp³-hybridized carbons (Fsp3) is 0.471. The molecule has 3 unspecified atom stereocenters. The molecule has 1 aliphatic carbocycles. The summed E-state index contributed by atoms with van der Waals surface area (Å²) in [6, 6.07) is 8.73. The first-order chi connectivity index (χ1) is 10.3. The lowest BCUT2D eigenvalue weighted by molar-refractivity contribution is 0.342. The molecule has 0 aliphatic heterocycles. The first-order valence-corrected chi connectivity index (χ1v) is 7.81. The largest absolute Gasteiger partial charge is 0.508 e. The average molecular weight is 285 g/mol. The minimum Gasteiger partial charge on any atom is -0.508 e. The van der Waals surface area contributed by atoms with Crippen LogP contribution in [0.4, 0.5) is 0 Å². The second-order valence-electron chi connectivity index (χ2n) is 5.80. The number of aromatic hydroxyl groups is 1. The van der Waals surface area contributed by atoms with Crippen molar-refractivity contribution in [2.24, 2.45) is 0 Å². The number of benzene rings is 1. The molecule has 1 aromatic carbocycles. The van der Waals surface area contributed by atoms with Crippen molar-refractivity contribution in [2.45, 2.75) is 50.7 Å². The van der Waals surface area contributed by atoms with Gasteiger partial charge in [-0.2, -0.15) is 0 Å². The van der Waals surface area contributed by atoms with Crippen LogP contribution in [0.1, 0.15) is 50.3 Å². The van der Waals surface area contributed by atoms with Crippen molar-refractivity contribution >= 4 is 0 Å². The van der Waals surface area contributed by atoms with Crippen LogP contribution in [0.25, 0.3) is 0 Å². The summed E-state index contributed by atoms with van der Waals surface area (Å²) in [6.45, 7) is 2.16. The van der Waals surface area contributed by atoms with Crippen molar-refractivity contribution in [3.63, 3.8) is 0 Å². The van der Waals surface area contributed by atoms with Crippen molar-refractivity contribution in [2.75, 3.05) is 0 Å². The highest BCUT2D eigenvalue weighted by atomic mass is 16.3. The molecule has 3 rings (SSSR count). The summed E-state index contributed by atoms with van der Waals surface area (Å²) in [4.78, 5) is 4.17. The van der Waals surface area contributed by atoms with Crippen LogP contribution < -0.4 is 5.32 Å². The molecule has 21 heavy (non-hydrogen) atoms. The van der Waals surface area contributed by atoms with Crippen LogP contribution in [0.2, 0.25) is 0 Å². The molecule has 112 valence electrons. The van der Waals surface area contributed by atoms with E-state index in [-0.39, 0.29) is 6.04 Å². The molecule has 1 aliphatic rings. The minimum absolute atomic E-state index is 0.195. The van der Waals surface area contributed by atoms with E-state index in [4.69, 9.17) is 0 Å². The van der Waals surface area contributed by atoms with E-state index in [1.54, 1.807) is 6.07 Å². The Hall–Kier alpha value is -1.81. The molecule has 0 radical (unpaired) electrons. The van der Waals surface area contributed by atoms with Crippen LogP contribution in [0, 0.1) is 0 Å². The molecule has 2 aromatic rings. The summed E-state index contributed by atoms with van der Waals surface area (Å²) in [6.07, 6.45) is 10.4. The quantitative estimate of drug-likeness (QED) is 0.885. The Morgan fingerprint density at radius 1 is 1.38 bits per heavy atom. The third-order valence-corrected chi connectivity index (χ3v) is 4.52. The molecule has 0 amide bonds. The van der Waals surface area contributed by atoms with Crippen LogP contribution in [0.15, 0.2) is 43.0 Å². The average Bonchev–Trinajstić information content (AvgIpc) is 3.16. The zero-order valence-electron chi connectivity index (χ0n) is 12.4. The number of imidazole rings is 1. The molecule has 1 aromatic heterocycles. The van der Waals surface area contributed by atoms with Crippen molar-refractivity contribution in [3.05, 3.63) is 48.5 Å². The van der Waals surface area contributed by atoms with E-state index in [0.717, 1.165) is 12.0 Å². The van der Waals surface area contributed by atoms with Crippen LogP contribution in [0.5, 0.6) is 5.75 Å². The smallest absolute Gasteiger partial charge is 0.120 e. The predicted molar refractivity (Wildman–Crippen MR) is 83.2 cm³/mol. The topological polar surface area (TPSA) is 50.1 Å². The first kappa shape index (κ1) is 14.1. The van der Waals surface area contributed by atoms with Gasteiger partial charge in [-0.15, -0.1) is 0 Å². The third-order valence-electron chi connectivity index (χ3n) is 4.52. The second-order valence-corrected chi connectivity index (χ2v) is 5.80. The molecular weight excluding hydrogens is 262 g/mol. The highest BCUT2D eigenvalue weighted by molar-refractivity contribution is 5.34. The van der Waals surface area contributed by atoms with E-state index in [1.807, 2.05) is 36.9 Å². The van der Waals surface area contributed by atoms with Crippen molar-refractivity contribution in [1.82, 2.24) is 14.9 Å². The zero-order valence-corrected chi connectivity index (χ0v) is 12.4. The number of para-hydroxylation sites is 1. The maximum absolute atomic E-state index is 10.1. The monoisotopic (exact) mass is 285 g/mol. The van der Waals surface area contributed by atoms with Crippen LogP contribution in [0.3, 0.4) is 0 Å². The fourth-order valence-corrected chi connectivity index (χ4v) is 3.43. The van der Waals surface area contributed by atoms with Gasteiger partial charge in [-0.25, -0.2) is 4.98 Å². The molecule has 1 heterocycles. The van der Waals surface area contributed by atoms with E-state index >= 15 is 0 Å². The SMILES string of the molecule is CCC(NC1CCCC1n1ccnc1)c1ccccc1O. The summed E-state index contributed by atoms with van der Waals surface area (Å²) in [5.41, 5.74) is 0.997. The Kier molecular flexibility index (Phi) is 4.25. The van der Waals surface area contributed by atoms with Crippen molar-refractivity contribution in [3.8, 4) is 5.75 Å². The number of phenols is 1. The van der Waals surface area contributed by atoms with Gasteiger partial charge in [0, 0.05) is 36.1 Å². The summed E-state index contributed by atoms with van der Waals surface area (Å²) in [5, 5.41) is 13.8. The van der Waals surface area contributed by atoms with E-state index in [9.17, 15) is 5.11 Å². The van der Waals surface area contributed by atoms with Gasteiger partial charge in [0.25, 0.3) is 0 Å². The molecule has 1 fully saturated rings. The Bertz CT molecular complexity index is 567. The van der Waals surface area contributed by atoms with Crippen molar-refractivity contribution < 1.29 is 5.11 Å². The summed E-state index contributed by atoms with van der Waals surface area (Å²) < 4.78 is 2.21. The Balaban J connectivity index is 1.76. The molecule has 4 heteroatoms. The van der Waals surface area contributed by atoms with Gasteiger partial charge < -0.3 is 15.0 Å². The van der Waals surface area contributed by atoms with Gasteiger partial charge in [-0.3, -0.25) is 0 Å². The van der Waals surface area contributed by atoms with E-state index in [1.165, 1.54) is 19.3 Å². The van der Waals surface area contributed by atoms with Gasteiger partial charge in [-0.1, -0.05) is 25.1 Å². The van der Waals surface area contributed by atoms with Gasteiger partial charge in [0.05, 0.1) is 6.33 Å². The van der Waals surface area contributed by atoms with Crippen LogP contribution >= 0.6 is 0 Å². The standard InChI is InChI=1S/C17H23N3O/c1-2-14(13-6-3-4-9-17(13)21)19-15-7-5-8-16(15)20-11-10-18-12-20/h3-4,6,9-12,14-16,19,21H,2,5,7-8H2,1H3. The van der Waals surface area contributed by atoms with E-state index in [0.29, 0.717) is 17.8 Å². The normalized spacial score (nSPS) is 23.3. The molecular formula is C17H23N3O. The number of nitrogens with one attached hydrogen (secondary N) is 1. The number of hydrogen-bond acceptors (Lipinski definition) is 3. The number of aromatic nitrogens is 2. The van der Waals surface area contributed by atoms with E-state index in [2.05, 4.69) is 21.8 Å². The predicted octanol–water partition coefficient (Wildman–Crippen LogP) is 3.42. The number of rotatable bonds is 5. The summed E-state index contributed by atoms with van der Waals surface area (Å²) in [7, 11) is 0. The van der Waals surface area contributed by atoms with Gasteiger partial charge in [0.15, 0.2) is 0 Å². The molecule has 4 nitrogen and oxygen atoms in total. The molecule has 3 atom stereocenters. The van der Waals surface area contributed by atoms with Gasteiger partial charge in [0.1, 0.15) is 5.75 Å². The number of nitrogens with zero attached hydrogens (tertiary/aromatic N) is 2. The fourth-order valence-electron chi connectivity index (χ4n) is 3.43. The Morgan fingerprint density at radius 2 is 2.24 bits per heavy atom. The van der Waals surface area contributed by atoms with Crippen molar-refractivity contribution in [1.29, 1.82) is 0 Å². The molecule has 0 bridgehead atoms. The Labute approximate surface area is 125 Å². The summed E-state index contributed by atoms with van der Waals surface area (Å²) in [5.74, 6) is 0.383. The van der Waals surface area contributed by atoms with Crippen LogP contribution in [-0.2, 0) is 0 Å². The number of phenolic OH excluding ortho intramolecular Hbond substituents is 1. The molecule has 1 saturated carbocycles. The second kappa shape index (κ2) is 6.31. The lowest BCUT2D eigenvalue weighted by Gasteiger charge is -2.28. The highest BCUT2D eigenvalue weighted by Gasteiger charge is 2.30. The van der Waals surface area contributed by atoms with Crippen LogP contribution in [-0.4, -0.2) is 20.7 Å². The number of hydrogen-bond donors (Lipinski definition) is 2. The lowest BCUT2D eigenvalue weighted by atomic mass is 10.0. The maximum atomic E-state index is 10.1. The highest BCUT2D eigenvalue weighted by Crippen LogP contribution is 2.34. The maximum Gasteiger partial charge on any atom is 0.120 e. The Morgan fingerprint density at radius 3 is 2.95 bits per heavy atom. The first-order valence-electron chi connectivity index (χ1n) is 7.81. The summed E-state index contributed by atoms with van der Waals surface area (Å²) >= 11 is 0. The molecule has 2 N–H and O–H groups in total. The lowest BCUT2D eigenvalue weighted by Crippen LogP contribution is -2.36. The third kappa shape index (κ3) is 2.95. The van der Waals surface area contributed by atoms with Gasteiger partial charge in [-0.05, 0) is 31.7 Å². The zero-order chi connectivity index (χ0) is 14.7.